The van der Waals surface area contributed by atoms with Gasteiger partial charge in [0.1, 0.15) is 6.10 Å². The summed E-state index contributed by atoms with van der Waals surface area (Å²) in [5.74, 6) is 3.60. The number of esters is 1. The van der Waals surface area contributed by atoms with Gasteiger partial charge in [-0.15, -0.1) is 0 Å². The predicted octanol–water partition coefficient (Wildman–Crippen LogP) is 6.17. The molecule has 0 bridgehead atoms. The van der Waals surface area contributed by atoms with Gasteiger partial charge in [0.2, 0.25) is 0 Å². The molecule has 2 saturated carbocycles. The number of carbonyl (C=O) groups excluding carboxylic acids is 1. The van der Waals surface area contributed by atoms with E-state index in [-0.39, 0.29) is 29.5 Å². The maximum Gasteiger partial charge on any atom is 0.309 e. The van der Waals surface area contributed by atoms with E-state index in [0.29, 0.717) is 41.9 Å². The van der Waals surface area contributed by atoms with Crippen molar-refractivity contribution in [1.29, 1.82) is 0 Å². The third kappa shape index (κ3) is 5.03. The van der Waals surface area contributed by atoms with Crippen LogP contribution in [-0.2, 0) is 9.53 Å². The number of carbonyl (C=O) groups is 1. The molecule has 0 unspecified atom stereocenters. The number of ether oxygens (including phenoxy) is 1. The van der Waals surface area contributed by atoms with E-state index in [4.69, 9.17) is 4.74 Å². The van der Waals surface area contributed by atoms with Crippen molar-refractivity contribution in [3.63, 3.8) is 0 Å². The van der Waals surface area contributed by atoms with Gasteiger partial charge in [0.25, 0.3) is 0 Å². The van der Waals surface area contributed by atoms with Gasteiger partial charge in [-0.3, -0.25) is 4.79 Å². The Bertz CT molecular complexity index is 650. The van der Waals surface area contributed by atoms with Crippen molar-refractivity contribution in [1.82, 2.24) is 0 Å². The Morgan fingerprint density at radius 3 is 2.67 bits per heavy atom. The number of aliphatic hydroxyl groups excluding tert-OH is 1. The molecule has 0 radical (unpaired) electrons. The van der Waals surface area contributed by atoms with E-state index in [9.17, 15) is 9.90 Å². The van der Waals surface area contributed by atoms with Gasteiger partial charge in [0.15, 0.2) is 0 Å². The molecule has 1 N–H and O–H groups in total. The molecule has 3 nitrogen and oxygen atoms in total. The summed E-state index contributed by atoms with van der Waals surface area (Å²) in [4.78, 5) is 12.0. The Morgan fingerprint density at radius 2 is 1.97 bits per heavy atom. The van der Waals surface area contributed by atoms with Crippen molar-refractivity contribution in [2.45, 2.75) is 92.3 Å². The molecular weight excluding hydrogens is 372 g/mol. The molecule has 30 heavy (non-hydrogen) atoms. The lowest BCUT2D eigenvalue weighted by Gasteiger charge is -2.49. The summed E-state index contributed by atoms with van der Waals surface area (Å²) in [7, 11) is 0. The highest BCUT2D eigenvalue weighted by molar-refractivity contribution is 5.71. The van der Waals surface area contributed by atoms with Gasteiger partial charge < -0.3 is 9.84 Å². The van der Waals surface area contributed by atoms with Crippen LogP contribution in [0.2, 0.25) is 0 Å². The van der Waals surface area contributed by atoms with E-state index < -0.39 is 0 Å². The maximum absolute atomic E-state index is 12.0. The van der Waals surface area contributed by atoms with Crippen LogP contribution in [0, 0.1) is 46.8 Å². The molecule has 0 aromatic carbocycles. The van der Waals surface area contributed by atoms with Crippen LogP contribution in [0.15, 0.2) is 24.3 Å². The minimum absolute atomic E-state index is 0.0564. The van der Waals surface area contributed by atoms with Gasteiger partial charge in [0, 0.05) is 5.92 Å². The van der Waals surface area contributed by atoms with E-state index in [0.717, 1.165) is 19.3 Å². The second-order valence-corrected chi connectivity index (χ2v) is 11.3. The average molecular weight is 417 g/mol. The van der Waals surface area contributed by atoms with E-state index in [1.54, 1.807) is 0 Å². The van der Waals surface area contributed by atoms with Crippen LogP contribution >= 0.6 is 0 Å². The minimum atomic E-state index is -0.241. The fraction of sp³-hybridized carbons (Fsp3) is 0.815. The summed E-state index contributed by atoms with van der Waals surface area (Å²) in [6.45, 7) is 13.8. The predicted molar refractivity (Wildman–Crippen MR) is 123 cm³/mol. The van der Waals surface area contributed by atoms with Crippen LogP contribution in [-0.4, -0.2) is 23.3 Å². The summed E-state index contributed by atoms with van der Waals surface area (Å²) < 4.78 is 5.81. The molecule has 0 aromatic heterocycles. The Labute approximate surface area is 184 Å². The summed E-state index contributed by atoms with van der Waals surface area (Å²) in [6, 6.07) is 0. The van der Waals surface area contributed by atoms with Crippen LogP contribution in [0.5, 0.6) is 0 Å². The number of cyclic esters (lactones) is 1. The molecular formula is C27H44O3. The van der Waals surface area contributed by atoms with Gasteiger partial charge in [0.05, 0.1) is 12.5 Å². The van der Waals surface area contributed by atoms with Crippen molar-refractivity contribution in [2.75, 3.05) is 0 Å². The molecule has 3 aliphatic rings. The van der Waals surface area contributed by atoms with Crippen LogP contribution in [0.4, 0.5) is 0 Å². The Balaban J connectivity index is 1.74. The van der Waals surface area contributed by atoms with Crippen LogP contribution < -0.4 is 0 Å². The standard InChI is InChI=1S/C27H44O3/c1-17(2)18(3)10-11-19(4)23-12-13-24-21(14-22(28)16-27(23,24)6)15-25-20(5)8-7-9-26(29)30-25/h7-8,10-11,17-25,28H,9,12-16H2,1-6H3/b11-10+/t18-,19+,20+,21-,22-,23+,24-,25+,27+/m0/s1. The Kier molecular flexibility index (Phi) is 7.53. The first-order valence-corrected chi connectivity index (χ1v) is 12.3. The Morgan fingerprint density at radius 1 is 1.23 bits per heavy atom. The van der Waals surface area contributed by atoms with Crippen LogP contribution in [0.3, 0.4) is 0 Å². The molecule has 3 heteroatoms. The highest BCUT2D eigenvalue weighted by Gasteiger charge is 2.54. The maximum atomic E-state index is 12.0. The molecule has 1 aliphatic heterocycles. The van der Waals surface area contributed by atoms with E-state index in [1.165, 1.54) is 12.8 Å². The molecule has 2 fully saturated rings. The number of hydrogen-bond donors (Lipinski definition) is 1. The summed E-state index contributed by atoms with van der Waals surface area (Å²) >= 11 is 0. The SMILES string of the molecule is CC(C)[C@@H](C)/C=C/[C@@H](C)[C@H]1CC[C@H]2[C@H](C[C@H]3OC(=O)CC=C[C@H]3C)C[C@H](O)C[C@]12C. The third-order valence-electron chi connectivity index (χ3n) is 8.84. The normalized spacial score (nSPS) is 41.5. The monoisotopic (exact) mass is 416 g/mol. The number of rotatable bonds is 6. The molecule has 0 aromatic rings. The van der Waals surface area contributed by atoms with E-state index in [2.05, 4.69) is 59.8 Å². The topological polar surface area (TPSA) is 46.5 Å². The second-order valence-electron chi connectivity index (χ2n) is 11.3. The molecule has 0 spiro atoms. The molecule has 170 valence electrons. The number of allylic oxidation sites excluding steroid dienone is 2. The van der Waals surface area contributed by atoms with Crippen molar-refractivity contribution in [3.05, 3.63) is 24.3 Å². The zero-order valence-corrected chi connectivity index (χ0v) is 20.0. The molecule has 3 rings (SSSR count). The molecule has 1 heterocycles. The first-order valence-electron chi connectivity index (χ1n) is 12.3. The molecule has 2 aliphatic carbocycles. The average Bonchev–Trinajstić information content (AvgIpc) is 2.92. The van der Waals surface area contributed by atoms with Crippen LogP contribution in [0.25, 0.3) is 0 Å². The van der Waals surface area contributed by atoms with Crippen molar-refractivity contribution in [3.8, 4) is 0 Å². The number of hydrogen-bond acceptors (Lipinski definition) is 3. The molecule has 0 saturated heterocycles. The fourth-order valence-electron chi connectivity index (χ4n) is 6.69. The second kappa shape index (κ2) is 9.59. The highest BCUT2D eigenvalue weighted by Crippen LogP contribution is 2.60. The van der Waals surface area contributed by atoms with Gasteiger partial charge in [-0.05, 0) is 73.0 Å². The molecule has 0 amide bonds. The quantitative estimate of drug-likeness (QED) is 0.416. The van der Waals surface area contributed by atoms with Crippen molar-refractivity contribution in [2.24, 2.45) is 46.8 Å². The van der Waals surface area contributed by atoms with Crippen molar-refractivity contribution < 1.29 is 14.6 Å². The lowest BCUT2D eigenvalue weighted by atomic mass is 9.57. The molecule has 9 atom stereocenters. The van der Waals surface area contributed by atoms with Crippen LogP contribution in [0.1, 0.15) is 80.1 Å². The lowest BCUT2D eigenvalue weighted by Crippen LogP contribution is -2.45. The minimum Gasteiger partial charge on any atom is -0.462 e. The number of fused-ring (bicyclic) bond motifs is 1. The highest BCUT2D eigenvalue weighted by atomic mass is 16.5. The zero-order valence-electron chi connectivity index (χ0n) is 20.0. The van der Waals surface area contributed by atoms with Gasteiger partial charge in [-0.1, -0.05) is 65.8 Å². The zero-order chi connectivity index (χ0) is 22.1. The Hall–Kier alpha value is -1.09. The fourth-order valence-corrected chi connectivity index (χ4v) is 6.69. The smallest absolute Gasteiger partial charge is 0.309 e. The summed E-state index contributed by atoms with van der Waals surface area (Å²) in [5.41, 5.74) is 0.168. The first-order chi connectivity index (χ1) is 14.1. The number of aliphatic hydroxyl groups is 1. The third-order valence-corrected chi connectivity index (χ3v) is 8.84. The van der Waals surface area contributed by atoms with Gasteiger partial charge >= 0.3 is 5.97 Å². The first kappa shape index (κ1) is 23.6. The van der Waals surface area contributed by atoms with Crippen molar-refractivity contribution >= 4 is 5.97 Å². The van der Waals surface area contributed by atoms with E-state index in [1.807, 2.05) is 6.08 Å². The van der Waals surface area contributed by atoms with Gasteiger partial charge in [-0.2, -0.15) is 0 Å². The lowest BCUT2D eigenvalue weighted by molar-refractivity contribution is -0.151. The van der Waals surface area contributed by atoms with E-state index >= 15 is 0 Å². The van der Waals surface area contributed by atoms with Gasteiger partial charge in [-0.25, -0.2) is 0 Å². The summed E-state index contributed by atoms with van der Waals surface area (Å²) in [6.07, 6.45) is 14.1. The largest absolute Gasteiger partial charge is 0.462 e. The summed E-state index contributed by atoms with van der Waals surface area (Å²) in [5, 5.41) is 10.8.